The number of rotatable bonds is 9. The van der Waals surface area contributed by atoms with Crippen molar-refractivity contribution < 1.29 is 18.3 Å². The third-order valence-electron chi connectivity index (χ3n) is 7.37. The highest BCUT2D eigenvalue weighted by Gasteiger charge is 2.33. The number of aryl methyl sites for hydroxylation is 2. The van der Waals surface area contributed by atoms with E-state index in [9.17, 15) is 13.6 Å². The summed E-state index contributed by atoms with van der Waals surface area (Å²) in [7, 11) is 1.80. The van der Waals surface area contributed by atoms with Gasteiger partial charge in [-0.1, -0.05) is 12.1 Å². The molecule has 2 N–H and O–H groups in total. The van der Waals surface area contributed by atoms with Crippen molar-refractivity contribution >= 4 is 17.4 Å². The van der Waals surface area contributed by atoms with Gasteiger partial charge in [-0.2, -0.15) is 19.7 Å². The molecule has 0 radical (unpaired) electrons. The van der Waals surface area contributed by atoms with Crippen molar-refractivity contribution in [3.8, 4) is 22.8 Å². The molecule has 2 fully saturated rings. The number of piperidine rings is 1. The summed E-state index contributed by atoms with van der Waals surface area (Å²) in [6.45, 7) is 3.82. The van der Waals surface area contributed by atoms with Gasteiger partial charge in [0.05, 0.1) is 18.6 Å². The minimum Gasteiger partial charge on any atom is -0.436 e. The number of benzene rings is 1. The third kappa shape index (κ3) is 5.76. The first-order valence-electron chi connectivity index (χ1n) is 13.6. The predicted octanol–water partition coefficient (Wildman–Crippen LogP) is 4.27. The zero-order chi connectivity index (χ0) is 27.9. The summed E-state index contributed by atoms with van der Waals surface area (Å²) >= 11 is 0. The molecule has 4 aromatic rings. The average molecular weight is 551 g/mol. The Morgan fingerprint density at radius 1 is 1.15 bits per heavy atom. The van der Waals surface area contributed by atoms with Gasteiger partial charge in [0, 0.05) is 69.3 Å². The number of likely N-dealkylation sites (tertiary alicyclic amines) is 1. The van der Waals surface area contributed by atoms with Crippen LogP contribution in [0, 0.1) is 6.92 Å². The third-order valence-corrected chi connectivity index (χ3v) is 7.37. The number of hydrogen-bond acceptors (Lipinski definition) is 7. The number of nitrogens with zero attached hydrogens (tertiary/aromatic N) is 6. The number of anilines is 1. The van der Waals surface area contributed by atoms with Crippen LogP contribution in [0.1, 0.15) is 41.6 Å². The molecule has 1 amide bonds. The minimum absolute atomic E-state index is 0.0550. The lowest BCUT2D eigenvalue weighted by Gasteiger charge is -2.31. The Morgan fingerprint density at radius 3 is 2.65 bits per heavy atom. The van der Waals surface area contributed by atoms with Crippen molar-refractivity contribution in [3.05, 3.63) is 54.0 Å². The highest BCUT2D eigenvalue weighted by molar-refractivity contribution is 5.97. The lowest BCUT2D eigenvalue weighted by Crippen LogP contribution is -2.41. The van der Waals surface area contributed by atoms with Crippen molar-refractivity contribution in [2.45, 2.75) is 44.6 Å². The lowest BCUT2D eigenvalue weighted by molar-refractivity contribution is -0.0543. The van der Waals surface area contributed by atoms with Crippen molar-refractivity contribution in [1.29, 1.82) is 0 Å². The highest BCUT2D eigenvalue weighted by Crippen LogP contribution is 2.31. The van der Waals surface area contributed by atoms with Crippen LogP contribution < -0.4 is 15.4 Å². The summed E-state index contributed by atoms with van der Waals surface area (Å²) in [6, 6.07) is 7.76. The summed E-state index contributed by atoms with van der Waals surface area (Å²) < 4.78 is 36.5. The largest absolute Gasteiger partial charge is 0.436 e. The number of fused-ring (bicyclic) bond motifs is 1. The zero-order valence-electron chi connectivity index (χ0n) is 22.5. The van der Waals surface area contributed by atoms with E-state index >= 15 is 0 Å². The zero-order valence-corrected chi connectivity index (χ0v) is 22.5. The number of alkyl halides is 2. The van der Waals surface area contributed by atoms with Gasteiger partial charge in [0.1, 0.15) is 5.82 Å². The fraction of sp³-hybridized carbons (Fsp3) is 0.429. The maximum atomic E-state index is 13.5. The monoisotopic (exact) mass is 550 g/mol. The van der Waals surface area contributed by atoms with Crippen LogP contribution in [-0.4, -0.2) is 73.3 Å². The number of amides is 1. The molecule has 0 atom stereocenters. The van der Waals surface area contributed by atoms with Crippen LogP contribution in [0.4, 0.5) is 14.6 Å². The maximum absolute atomic E-state index is 13.5. The Labute approximate surface area is 230 Å². The molecule has 6 rings (SSSR count). The number of carbonyl (C=O) groups excluding carboxylic acids is 1. The minimum atomic E-state index is -2.57. The molecule has 10 nitrogen and oxygen atoms in total. The average Bonchev–Trinajstić information content (AvgIpc) is 3.47. The second-order valence-corrected chi connectivity index (χ2v) is 10.6. The molecule has 1 saturated heterocycles. The van der Waals surface area contributed by atoms with E-state index in [0.717, 1.165) is 29.5 Å². The first-order chi connectivity index (χ1) is 19.2. The maximum Gasteiger partial charge on any atom is 0.251 e. The van der Waals surface area contributed by atoms with Gasteiger partial charge in [0.15, 0.2) is 11.4 Å². The molecule has 4 heterocycles. The SMILES string of the molecule is Cc1cc(-c2cnn3c(NCCN4CCC(F)(F)CC4)cc(Oc4cnn(C)c4)nc23)ccc1C(=O)NC1CC1. The van der Waals surface area contributed by atoms with Gasteiger partial charge >= 0.3 is 0 Å². The van der Waals surface area contributed by atoms with E-state index in [4.69, 9.17) is 9.72 Å². The van der Waals surface area contributed by atoms with E-state index in [-0.39, 0.29) is 24.8 Å². The second kappa shape index (κ2) is 10.5. The normalized spacial score (nSPS) is 17.2. The van der Waals surface area contributed by atoms with Gasteiger partial charge in [0.2, 0.25) is 5.88 Å². The van der Waals surface area contributed by atoms with E-state index in [1.807, 2.05) is 30.0 Å². The summed E-state index contributed by atoms with van der Waals surface area (Å²) in [4.78, 5) is 19.4. The van der Waals surface area contributed by atoms with E-state index in [1.165, 1.54) is 0 Å². The Balaban J connectivity index is 1.27. The van der Waals surface area contributed by atoms with Crippen LogP contribution in [0.2, 0.25) is 0 Å². The van der Waals surface area contributed by atoms with Gasteiger partial charge in [-0.25, -0.2) is 8.78 Å². The molecule has 0 bridgehead atoms. The molecule has 2 aliphatic rings. The molecule has 0 unspecified atom stereocenters. The van der Waals surface area contributed by atoms with Gasteiger partial charge in [-0.3, -0.25) is 9.48 Å². The molecule has 40 heavy (non-hydrogen) atoms. The van der Waals surface area contributed by atoms with Gasteiger partial charge < -0.3 is 20.3 Å². The Hall–Kier alpha value is -4.06. The highest BCUT2D eigenvalue weighted by atomic mass is 19.3. The van der Waals surface area contributed by atoms with Crippen LogP contribution in [0.5, 0.6) is 11.6 Å². The molecule has 1 aliphatic heterocycles. The van der Waals surface area contributed by atoms with Crippen molar-refractivity contribution in [2.75, 3.05) is 31.5 Å². The number of nitrogens with one attached hydrogen (secondary N) is 2. The van der Waals surface area contributed by atoms with Crippen LogP contribution in [0.25, 0.3) is 16.8 Å². The smallest absolute Gasteiger partial charge is 0.251 e. The number of carbonyl (C=O) groups is 1. The quantitative estimate of drug-likeness (QED) is 0.321. The molecule has 0 spiro atoms. The number of halogens is 2. The fourth-order valence-electron chi connectivity index (χ4n) is 4.92. The van der Waals surface area contributed by atoms with Gasteiger partial charge in [-0.15, -0.1) is 0 Å². The van der Waals surface area contributed by atoms with Crippen LogP contribution in [0.15, 0.2) is 42.9 Å². The van der Waals surface area contributed by atoms with Crippen molar-refractivity contribution in [1.82, 2.24) is 34.6 Å². The van der Waals surface area contributed by atoms with E-state index in [1.54, 1.807) is 40.9 Å². The van der Waals surface area contributed by atoms with Crippen LogP contribution in [-0.2, 0) is 7.05 Å². The van der Waals surface area contributed by atoms with E-state index in [0.29, 0.717) is 54.8 Å². The summed E-state index contributed by atoms with van der Waals surface area (Å²) in [5.74, 6) is -1.06. The van der Waals surface area contributed by atoms with Crippen molar-refractivity contribution in [2.24, 2.45) is 7.05 Å². The van der Waals surface area contributed by atoms with E-state index < -0.39 is 5.92 Å². The standard InChI is InChI=1S/C28H32F2N8O2/c1-18-13-19(3-6-22(18)27(39)34-20-4-5-20)23-16-33-38-24(31-9-12-37-10-7-28(29,30)8-11-37)14-25(35-26(23)38)40-21-15-32-36(2)17-21/h3,6,13-17,20,31H,4-5,7-12H2,1-2H3,(H,34,39). The summed E-state index contributed by atoms with van der Waals surface area (Å²) in [5, 5.41) is 15.2. The molecule has 210 valence electrons. The molecule has 1 aromatic carbocycles. The molecular formula is C28H32F2N8O2. The van der Waals surface area contributed by atoms with Gasteiger partial charge in [-0.05, 0) is 37.0 Å². The molecule has 1 saturated carbocycles. The topological polar surface area (TPSA) is 102 Å². The summed E-state index contributed by atoms with van der Waals surface area (Å²) in [5.41, 5.74) is 3.76. The predicted molar refractivity (Wildman–Crippen MR) is 146 cm³/mol. The number of ether oxygens (including phenoxy) is 1. The first-order valence-corrected chi connectivity index (χ1v) is 13.6. The van der Waals surface area contributed by atoms with Crippen molar-refractivity contribution in [3.63, 3.8) is 0 Å². The molecule has 12 heteroatoms. The summed E-state index contributed by atoms with van der Waals surface area (Å²) in [6.07, 6.45) is 6.94. The molecule has 3 aromatic heterocycles. The first kappa shape index (κ1) is 26.2. The fourth-order valence-corrected chi connectivity index (χ4v) is 4.92. The molecule has 1 aliphatic carbocycles. The Bertz CT molecular complexity index is 1530. The number of hydrogen-bond donors (Lipinski definition) is 2. The van der Waals surface area contributed by atoms with Crippen LogP contribution in [0.3, 0.4) is 0 Å². The number of aromatic nitrogens is 5. The van der Waals surface area contributed by atoms with E-state index in [2.05, 4.69) is 20.8 Å². The Morgan fingerprint density at radius 2 is 1.95 bits per heavy atom. The lowest BCUT2D eigenvalue weighted by atomic mass is 10.0. The molecular weight excluding hydrogens is 518 g/mol. The second-order valence-electron chi connectivity index (χ2n) is 10.6. The van der Waals surface area contributed by atoms with Crippen LogP contribution >= 0.6 is 0 Å². The Kier molecular flexibility index (Phi) is 6.87. The van der Waals surface area contributed by atoms with Gasteiger partial charge in [0.25, 0.3) is 11.8 Å².